The number of ether oxygens (including phenoxy) is 1. The van der Waals surface area contributed by atoms with Crippen molar-refractivity contribution in [2.24, 2.45) is 10.2 Å². The van der Waals surface area contributed by atoms with E-state index in [4.69, 9.17) is 4.74 Å². The summed E-state index contributed by atoms with van der Waals surface area (Å²) in [6.45, 7) is 5.13. The fraction of sp³-hybridized carbons (Fsp3) is 0.444. The highest BCUT2D eigenvalue weighted by Crippen LogP contribution is 2.23. The van der Waals surface area contributed by atoms with Gasteiger partial charge in [0.1, 0.15) is 5.75 Å². The van der Waals surface area contributed by atoms with E-state index in [0.717, 1.165) is 36.3 Å². The molecular formula is C27H35N3O2S. The van der Waals surface area contributed by atoms with Crippen LogP contribution in [0.15, 0.2) is 58.7 Å². The van der Waals surface area contributed by atoms with Gasteiger partial charge in [0.25, 0.3) is 0 Å². The summed E-state index contributed by atoms with van der Waals surface area (Å²) < 4.78 is 5.82. The molecule has 1 saturated heterocycles. The molecule has 0 radical (unpaired) electrons. The Morgan fingerprint density at radius 1 is 0.939 bits per heavy atom. The van der Waals surface area contributed by atoms with Crippen LogP contribution >= 0.6 is 11.8 Å². The van der Waals surface area contributed by atoms with Crippen molar-refractivity contribution in [2.45, 2.75) is 70.5 Å². The smallest absolute Gasteiger partial charge is 0.239 e. The molecule has 1 fully saturated rings. The predicted octanol–water partition coefficient (Wildman–Crippen LogP) is 6.15. The van der Waals surface area contributed by atoms with Crippen molar-refractivity contribution in [3.63, 3.8) is 0 Å². The van der Waals surface area contributed by atoms with Crippen LogP contribution in [0.3, 0.4) is 0 Å². The van der Waals surface area contributed by atoms with Crippen molar-refractivity contribution in [3.05, 3.63) is 65.2 Å². The van der Waals surface area contributed by atoms with E-state index in [9.17, 15) is 4.79 Å². The zero-order valence-corrected chi connectivity index (χ0v) is 20.6. The van der Waals surface area contributed by atoms with Crippen molar-refractivity contribution in [2.75, 3.05) is 6.61 Å². The number of nitrogens with zero attached hydrogens (tertiary/aromatic N) is 2. The first kappa shape index (κ1) is 25.0. The summed E-state index contributed by atoms with van der Waals surface area (Å²) in [5.41, 5.74) is 3.40. The third-order valence-corrected chi connectivity index (χ3v) is 6.70. The molecule has 1 N–H and O–H groups in total. The summed E-state index contributed by atoms with van der Waals surface area (Å²) in [6, 6.07) is 16.3. The topological polar surface area (TPSA) is 63.1 Å². The van der Waals surface area contributed by atoms with Crippen LogP contribution in [-0.2, 0) is 17.6 Å². The van der Waals surface area contributed by atoms with Crippen LogP contribution in [0.5, 0.6) is 5.75 Å². The van der Waals surface area contributed by atoms with E-state index < -0.39 is 0 Å². The van der Waals surface area contributed by atoms with Gasteiger partial charge in [-0.3, -0.25) is 4.79 Å². The standard InChI is InChI=1S/C27H35N3O2S/c1-3-5-6-7-8-9-18-32-24-16-14-23(15-17-24)20-28-30-27-29-26(31)25(33-27)19-22-12-10-21(4-2)11-13-22/h10-17,20,25H,3-9,18-19H2,1-2H3,(H,29,30,31). The molecule has 2 aromatic carbocycles. The number of hydrogen-bond donors (Lipinski definition) is 1. The first-order valence-electron chi connectivity index (χ1n) is 12.1. The normalized spacial score (nSPS) is 17.1. The highest BCUT2D eigenvalue weighted by molar-refractivity contribution is 8.15. The lowest BCUT2D eigenvalue weighted by molar-refractivity contribution is -0.118. The molecule has 1 aliphatic heterocycles. The molecule has 1 aliphatic rings. The number of rotatable bonds is 13. The molecule has 1 atom stereocenters. The number of carbonyl (C=O) groups excluding carboxylic acids is 1. The van der Waals surface area contributed by atoms with E-state index in [2.05, 4.69) is 53.6 Å². The lowest BCUT2D eigenvalue weighted by atomic mass is 10.1. The first-order valence-corrected chi connectivity index (χ1v) is 12.9. The lowest BCUT2D eigenvalue weighted by Gasteiger charge is -2.06. The summed E-state index contributed by atoms with van der Waals surface area (Å²) in [7, 11) is 0. The number of unbranched alkanes of at least 4 members (excludes halogenated alkanes) is 5. The van der Waals surface area contributed by atoms with E-state index in [1.807, 2.05) is 24.3 Å². The maximum absolute atomic E-state index is 12.3. The van der Waals surface area contributed by atoms with Gasteiger partial charge in [-0.25, -0.2) is 0 Å². The molecular weight excluding hydrogens is 430 g/mol. The second kappa shape index (κ2) is 13.8. The summed E-state index contributed by atoms with van der Waals surface area (Å²) >= 11 is 1.43. The predicted molar refractivity (Wildman–Crippen MR) is 139 cm³/mol. The Bertz CT molecular complexity index is 923. The van der Waals surface area contributed by atoms with Crippen molar-refractivity contribution >= 4 is 29.1 Å². The van der Waals surface area contributed by atoms with Crippen LogP contribution in [-0.4, -0.2) is 29.1 Å². The third kappa shape index (κ3) is 8.69. The minimum Gasteiger partial charge on any atom is -0.494 e. The maximum Gasteiger partial charge on any atom is 0.239 e. The highest BCUT2D eigenvalue weighted by Gasteiger charge is 2.30. The molecule has 2 aromatic rings. The Kier molecular flexibility index (Phi) is 10.5. The molecule has 5 nitrogen and oxygen atoms in total. The van der Waals surface area contributed by atoms with Crippen LogP contribution < -0.4 is 10.1 Å². The van der Waals surface area contributed by atoms with Crippen LogP contribution in [0.25, 0.3) is 0 Å². The summed E-state index contributed by atoms with van der Waals surface area (Å²) in [4.78, 5) is 12.3. The summed E-state index contributed by atoms with van der Waals surface area (Å²) in [5, 5.41) is 11.5. The van der Waals surface area contributed by atoms with E-state index in [0.29, 0.717) is 11.6 Å². The number of thioether (sulfide) groups is 1. The number of hydrogen-bond acceptors (Lipinski definition) is 5. The SMILES string of the molecule is CCCCCCCCOc1ccc(C=N/N=C2\NC(=O)C(Cc3ccc(CC)cc3)S2)cc1. The van der Waals surface area contributed by atoms with Gasteiger partial charge in [-0.15, -0.1) is 5.10 Å². The van der Waals surface area contributed by atoms with Crippen LogP contribution in [0.2, 0.25) is 0 Å². The third-order valence-electron chi connectivity index (χ3n) is 5.63. The number of aryl methyl sites for hydroxylation is 1. The zero-order valence-electron chi connectivity index (χ0n) is 19.8. The molecule has 0 saturated carbocycles. The molecule has 0 aromatic heterocycles. The monoisotopic (exact) mass is 465 g/mol. The van der Waals surface area contributed by atoms with Gasteiger partial charge in [0, 0.05) is 0 Å². The summed E-state index contributed by atoms with van der Waals surface area (Å²) in [5.74, 6) is 0.862. The minimum absolute atomic E-state index is 0.0135. The quantitative estimate of drug-likeness (QED) is 0.219. The van der Waals surface area contributed by atoms with Gasteiger partial charge in [0.2, 0.25) is 5.91 Å². The minimum atomic E-state index is -0.172. The Hall–Kier alpha value is -2.60. The van der Waals surface area contributed by atoms with Crippen molar-refractivity contribution in [1.29, 1.82) is 0 Å². The molecule has 1 heterocycles. The average molecular weight is 466 g/mol. The van der Waals surface area contributed by atoms with Crippen molar-refractivity contribution in [3.8, 4) is 5.75 Å². The van der Waals surface area contributed by atoms with E-state index in [-0.39, 0.29) is 11.2 Å². The molecule has 0 aliphatic carbocycles. The molecule has 0 bridgehead atoms. The van der Waals surface area contributed by atoms with Gasteiger partial charge in [0.15, 0.2) is 5.17 Å². The first-order chi connectivity index (χ1) is 16.2. The van der Waals surface area contributed by atoms with Crippen LogP contribution in [0.1, 0.15) is 69.1 Å². The largest absolute Gasteiger partial charge is 0.494 e. The highest BCUT2D eigenvalue weighted by atomic mass is 32.2. The van der Waals surface area contributed by atoms with Gasteiger partial charge in [-0.05, 0) is 60.2 Å². The average Bonchev–Trinajstić information content (AvgIpc) is 3.18. The second-order valence-corrected chi connectivity index (χ2v) is 9.50. The van der Waals surface area contributed by atoms with Gasteiger partial charge in [-0.2, -0.15) is 5.10 Å². The number of amidine groups is 1. The number of carbonyl (C=O) groups is 1. The summed E-state index contributed by atoms with van der Waals surface area (Å²) in [6.07, 6.45) is 10.9. The molecule has 176 valence electrons. The second-order valence-electron chi connectivity index (χ2n) is 8.30. The molecule has 1 amide bonds. The van der Waals surface area contributed by atoms with Gasteiger partial charge in [-0.1, -0.05) is 82.0 Å². The number of amides is 1. The molecule has 0 spiro atoms. The van der Waals surface area contributed by atoms with Gasteiger partial charge < -0.3 is 10.1 Å². The Morgan fingerprint density at radius 2 is 1.64 bits per heavy atom. The molecule has 6 heteroatoms. The molecule has 1 unspecified atom stereocenters. The Morgan fingerprint density at radius 3 is 2.36 bits per heavy atom. The number of nitrogens with one attached hydrogen (secondary N) is 1. The Balaban J connectivity index is 1.41. The fourth-order valence-corrected chi connectivity index (χ4v) is 4.55. The van der Waals surface area contributed by atoms with Crippen LogP contribution in [0, 0.1) is 0 Å². The van der Waals surface area contributed by atoms with Crippen molar-refractivity contribution in [1.82, 2.24) is 5.32 Å². The van der Waals surface area contributed by atoms with E-state index in [1.165, 1.54) is 49.4 Å². The Labute approximate surface area is 202 Å². The van der Waals surface area contributed by atoms with E-state index in [1.54, 1.807) is 6.21 Å². The van der Waals surface area contributed by atoms with Gasteiger partial charge in [0.05, 0.1) is 18.1 Å². The van der Waals surface area contributed by atoms with Gasteiger partial charge >= 0.3 is 0 Å². The molecule has 33 heavy (non-hydrogen) atoms. The van der Waals surface area contributed by atoms with E-state index >= 15 is 0 Å². The maximum atomic E-state index is 12.3. The zero-order chi connectivity index (χ0) is 23.3. The van der Waals surface area contributed by atoms with Crippen LogP contribution in [0.4, 0.5) is 0 Å². The number of benzene rings is 2. The lowest BCUT2D eigenvalue weighted by Crippen LogP contribution is -2.25. The molecule has 3 rings (SSSR count). The van der Waals surface area contributed by atoms with Crippen molar-refractivity contribution < 1.29 is 9.53 Å². The fourth-order valence-electron chi connectivity index (χ4n) is 3.58.